The van der Waals surface area contributed by atoms with Gasteiger partial charge in [-0.2, -0.15) is 11.8 Å². The zero-order chi connectivity index (χ0) is 13.0. The third-order valence-electron chi connectivity index (χ3n) is 4.38. The maximum Gasteiger partial charge on any atom is 0.222 e. The van der Waals surface area contributed by atoms with E-state index in [0.29, 0.717) is 17.7 Å². The largest absolute Gasteiger partial charge is 0.393 e. The highest BCUT2D eigenvalue weighted by Gasteiger charge is 2.27. The van der Waals surface area contributed by atoms with E-state index in [4.69, 9.17) is 0 Å². The van der Waals surface area contributed by atoms with Gasteiger partial charge in [0.25, 0.3) is 0 Å². The first-order valence-electron chi connectivity index (χ1n) is 7.20. The summed E-state index contributed by atoms with van der Waals surface area (Å²) in [5.74, 6) is 3.80. The third kappa shape index (κ3) is 3.89. The number of likely N-dealkylation sites (tertiary alicyclic amines) is 1. The standard InChI is InChI=1S/C14H25NO2S/c1-11(16)13-2-6-15(7-3-13)14(17)10-12-4-8-18-9-5-12/h11-13,16H,2-10H2,1H3. The summed E-state index contributed by atoms with van der Waals surface area (Å²) in [6.45, 7) is 3.55. The molecule has 0 aromatic carbocycles. The van der Waals surface area contributed by atoms with Gasteiger partial charge in [-0.1, -0.05) is 0 Å². The van der Waals surface area contributed by atoms with Crippen molar-refractivity contribution in [2.24, 2.45) is 11.8 Å². The highest BCUT2D eigenvalue weighted by molar-refractivity contribution is 7.99. The van der Waals surface area contributed by atoms with Crippen LogP contribution in [0.15, 0.2) is 0 Å². The molecule has 2 fully saturated rings. The Bertz CT molecular complexity index is 269. The van der Waals surface area contributed by atoms with Gasteiger partial charge in [0.1, 0.15) is 0 Å². The van der Waals surface area contributed by atoms with Gasteiger partial charge >= 0.3 is 0 Å². The summed E-state index contributed by atoms with van der Waals surface area (Å²) in [4.78, 5) is 14.2. The molecule has 0 spiro atoms. The second-order valence-corrected chi connectivity index (χ2v) is 6.94. The molecule has 2 aliphatic heterocycles. The van der Waals surface area contributed by atoms with Crippen molar-refractivity contribution in [1.82, 2.24) is 4.90 Å². The molecular weight excluding hydrogens is 246 g/mol. The second kappa shape index (κ2) is 6.80. The van der Waals surface area contributed by atoms with Gasteiger partial charge in [0.2, 0.25) is 5.91 Å². The van der Waals surface area contributed by atoms with Crippen LogP contribution in [0.1, 0.15) is 39.0 Å². The van der Waals surface area contributed by atoms with Crippen molar-refractivity contribution < 1.29 is 9.90 Å². The zero-order valence-corrected chi connectivity index (χ0v) is 12.1. The number of carbonyl (C=O) groups is 1. The summed E-state index contributed by atoms with van der Waals surface area (Å²) >= 11 is 2.01. The molecule has 2 saturated heterocycles. The Morgan fingerprint density at radius 3 is 2.44 bits per heavy atom. The van der Waals surface area contributed by atoms with Gasteiger partial charge in [-0.15, -0.1) is 0 Å². The fraction of sp³-hybridized carbons (Fsp3) is 0.929. The van der Waals surface area contributed by atoms with E-state index in [-0.39, 0.29) is 6.10 Å². The van der Waals surface area contributed by atoms with E-state index in [0.717, 1.165) is 32.4 Å². The highest BCUT2D eigenvalue weighted by Crippen LogP contribution is 2.27. The fourth-order valence-corrected chi connectivity index (χ4v) is 4.16. The molecule has 1 N–H and O–H groups in total. The summed E-state index contributed by atoms with van der Waals surface area (Å²) in [6, 6.07) is 0. The lowest BCUT2D eigenvalue weighted by molar-refractivity contribution is -0.134. The minimum atomic E-state index is -0.224. The van der Waals surface area contributed by atoms with E-state index < -0.39 is 0 Å². The molecule has 0 aromatic heterocycles. The lowest BCUT2D eigenvalue weighted by atomic mass is 9.91. The average Bonchev–Trinajstić information content (AvgIpc) is 2.40. The summed E-state index contributed by atoms with van der Waals surface area (Å²) in [6.07, 6.45) is 4.87. The van der Waals surface area contributed by atoms with E-state index >= 15 is 0 Å². The third-order valence-corrected chi connectivity index (χ3v) is 5.43. The number of thioether (sulfide) groups is 1. The molecule has 104 valence electrons. The molecule has 0 bridgehead atoms. The Kier molecular flexibility index (Phi) is 5.37. The molecule has 0 aliphatic carbocycles. The predicted octanol–water partition coefficient (Wildman–Crippen LogP) is 2.14. The molecule has 0 aromatic rings. The Hall–Kier alpha value is -0.220. The molecule has 2 aliphatic rings. The number of amides is 1. The summed E-state index contributed by atoms with van der Waals surface area (Å²) < 4.78 is 0. The quantitative estimate of drug-likeness (QED) is 0.855. The summed E-state index contributed by atoms with van der Waals surface area (Å²) in [7, 11) is 0. The van der Waals surface area contributed by atoms with Crippen LogP contribution in [-0.4, -0.2) is 46.6 Å². The molecule has 0 saturated carbocycles. The SMILES string of the molecule is CC(O)C1CCN(C(=O)CC2CCSCC2)CC1. The van der Waals surface area contributed by atoms with E-state index in [1.165, 1.54) is 24.3 Å². The monoisotopic (exact) mass is 271 g/mol. The first-order chi connectivity index (χ1) is 8.66. The van der Waals surface area contributed by atoms with Crippen LogP contribution in [0.3, 0.4) is 0 Å². The number of carbonyl (C=O) groups excluding carboxylic acids is 1. The van der Waals surface area contributed by atoms with Gasteiger partial charge in [0.05, 0.1) is 6.10 Å². The number of aliphatic hydroxyl groups excluding tert-OH is 1. The van der Waals surface area contributed by atoms with Gasteiger partial charge in [-0.25, -0.2) is 0 Å². The number of hydrogen-bond acceptors (Lipinski definition) is 3. The van der Waals surface area contributed by atoms with Crippen LogP contribution in [0, 0.1) is 11.8 Å². The molecule has 18 heavy (non-hydrogen) atoms. The molecular formula is C14H25NO2S. The van der Waals surface area contributed by atoms with Crippen LogP contribution in [-0.2, 0) is 4.79 Å². The lowest BCUT2D eigenvalue weighted by Crippen LogP contribution is -2.41. The summed E-state index contributed by atoms with van der Waals surface area (Å²) in [5.41, 5.74) is 0. The van der Waals surface area contributed by atoms with Gasteiger partial charge in [-0.3, -0.25) is 4.79 Å². The van der Waals surface area contributed by atoms with Crippen LogP contribution >= 0.6 is 11.8 Å². The Morgan fingerprint density at radius 2 is 1.89 bits per heavy atom. The van der Waals surface area contributed by atoms with Gasteiger partial charge < -0.3 is 10.0 Å². The van der Waals surface area contributed by atoms with E-state index in [1.807, 2.05) is 23.6 Å². The normalized spacial score (nSPS) is 25.1. The number of rotatable bonds is 3. The first-order valence-corrected chi connectivity index (χ1v) is 8.36. The van der Waals surface area contributed by atoms with E-state index in [9.17, 15) is 9.90 Å². The second-order valence-electron chi connectivity index (χ2n) is 5.72. The van der Waals surface area contributed by atoms with Crippen LogP contribution < -0.4 is 0 Å². The molecule has 4 heteroatoms. The molecule has 0 radical (unpaired) electrons. The van der Waals surface area contributed by atoms with Gasteiger partial charge in [0, 0.05) is 19.5 Å². The van der Waals surface area contributed by atoms with Crippen molar-refractivity contribution >= 4 is 17.7 Å². The fourth-order valence-electron chi connectivity index (χ4n) is 2.96. The van der Waals surface area contributed by atoms with Crippen molar-refractivity contribution in [2.75, 3.05) is 24.6 Å². The Balaban J connectivity index is 1.73. The number of piperidine rings is 1. The minimum Gasteiger partial charge on any atom is -0.393 e. The number of aliphatic hydroxyl groups is 1. The van der Waals surface area contributed by atoms with Crippen molar-refractivity contribution in [1.29, 1.82) is 0 Å². The first kappa shape index (κ1) is 14.2. The topological polar surface area (TPSA) is 40.5 Å². The maximum absolute atomic E-state index is 12.2. The predicted molar refractivity (Wildman–Crippen MR) is 75.7 cm³/mol. The van der Waals surface area contributed by atoms with Gasteiger partial charge in [0.15, 0.2) is 0 Å². The molecule has 3 nitrogen and oxygen atoms in total. The Labute approximate surface area is 114 Å². The minimum absolute atomic E-state index is 0.224. The molecule has 2 rings (SSSR count). The van der Waals surface area contributed by atoms with Crippen LogP contribution in [0.5, 0.6) is 0 Å². The van der Waals surface area contributed by atoms with Crippen molar-refractivity contribution in [3.63, 3.8) is 0 Å². The molecule has 2 heterocycles. The lowest BCUT2D eigenvalue weighted by Gasteiger charge is -2.34. The number of hydrogen-bond donors (Lipinski definition) is 1. The molecule has 1 atom stereocenters. The molecule has 1 unspecified atom stereocenters. The van der Waals surface area contributed by atoms with Crippen LogP contribution in [0.2, 0.25) is 0 Å². The smallest absolute Gasteiger partial charge is 0.222 e. The molecule has 1 amide bonds. The summed E-state index contributed by atoms with van der Waals surface area (Å²) in [5, 5.41) is 9.56. The van der Waals surface area contributed by atoms with Crippen LogP contribution in [0.25, 0.3) is 0 Å². The van der Waals surface area contributed by atoms with Crippen molar-refractivity contribution in [2.45, 2.75) is 45.1 Å². The van der Waals surface area contributed by atoms with Crippen molar-refractivity contribution in [3.8, 4) is 0 Å². The average molecular weight is 271 g/mol. The van der Waals surface area contributed by atoms with Crippen LogP contribution in [0.4, 0.5) is 0 Å². The van der Waals surface area contributed by atoms with Crippen molar-refractivity contribution in [3.05, 3.63) is 0 Å². The van der Waals surface area contributed by atoms with Gasteiger partial charge in [-0.05, 0) is 55.9 Å². The number of nitrogens with zero attached hydrogens (tertiary/aromatic N) is 1. The Morgan fingerprint density at radius 1 is 1.28 bits per heavy atom. The van der Waals surface area contributed by atoms with E-state index in [2.05, 4.69) is 0 Å². The van der Waals surface area contributed by atoms with E-state index in [1.54, 1.807) is 0 Å². The zero-order valence-electron chi connectivity index (χ0n) is 11.3. The maximum atomic E-state index is 12.2. The highest BCUT2D eigenvalue weighted by atomic mass is 32.2.